The maximum absolute atomic E-state index is 12.1. The second-order valence-corrected chi connectivity index (χ2v) is 6.05. The van der Waals surface area contributed by atoms with Gasteiger partial charge in [-0.15, -0.1) is 0 Å². The van der Waals surface area contributed by atoms with Crippen molar-refractivity contribution in [2.75, 3.05) is 13.1 Å². The molecule has 13 heteroatoms. The zero-order valence-corrected chi connectivity index (χ0v) is 15.9. The Balaban J connectivity index is 0.00000288. The molecule has 1 fully saturated rings. The summed E-state index contributed by atoms with van der Waals surface area (Å²) in [5.74, 6) is -1.08. The van der Waals surface area contributed by atoms with E-state index in [1.807, 2.05) is 0 Å². The monoisotopic (exact) mass is 370 g/mol. The molecule has 2 aliphatic heterocycles. The van der Waals surface area contributed by atoms with Gasteiger partial charge in [0.15, 0.2) is 0 Å². The van der Waals surface area contributed by atoms with E-state index in [1.165, 1.54) is 13.0 Å². The summed E-state index contributed by atoms with van der Waals surface area (Å²) in [6, 6.07) is -2.87. The maximum atomic E-state index is 12.1. The first kappa shape index (κ1) is 20.9. The van der Waals surface area contributed by atoms with Crippen LogP contribution in [0.2, 0.25) is 0 Å². The van der Waals surface area contributed by atoms with E-state index in [4.69, 9.17) is 5.73 Å². The number of hydroxylamine groups is 2. The summed E-state index contributed by atoms with van der Waals surface area (Å²) in [5.41, 5.74) is 5.71. The van der Waals surface area contributed by atoms with Gasteiger partial charge >= 0.3 is 35.6 Å². The predicted octanol–water partition coefficient (Wildman–Crippen LogP) is -5.19. The van der Waals surface area contributed by atoms with Gasteiger partial charge in [0, 0.05) is 13.5 Å². The number of nitrogens with one attached hydrogen (secondary N) is 1. The normalized spacial score (nSPS) is 22.8. The van der Waals surface area contributed by atoms with E-state index in [-0.39, 0.29) is 55.0 Å². The number of hydrogen-bond acceptors (Lipinski definition) is 7. The smallest absolute Gasteiger partial charge is 0.724 e. The molecule has 128 valence electrons. The minimum absolute atomic E-state index is 0. The van der Waals surface area contributed by atoms with Crippen LogP contribution in [0, 0.1) is 0 Å². The Hall–Kier alpha value is -1.18. The van der Waals surface area contributed by atoms with E-state index in [0.29, 0.717) is 10.6 Å². The average molecular weight is 370 g/mol. The summed E-state index contributed by atoms with van der Waals surface area (Å²) in [4.78, 5) is 35.5. The fourth-order valence-corrected chi connectivity index (χ4v) is 2.92. The van der Waals surface area contributed by atoms with E-state index < -0.39 is 34.4 Å². The zero-order valence-electron chi connectivity index (χ0n) is 13.1. The largest absolute Gasteiger partial charge is 1.00 e. The van der Waals surface area contributed by atoms with Crippen LogP contribution >= 0.6 is 0 Å². The number of carbonyl (C=O) groups excluding carboxylic acids is 3. The molecule has 2 unspecified atom stereocenters. The summed E-state index contributed by atoms with van der Waals surface area (Å²) in [7, 11) is -5.16. The van der Waals surface area contributed by atoms with Crippen LogP contribution in [0.15, 0.2) is 11.6 Å². The minimum Gasteiger partial charge on any atom is -0.724 e. The van der Waals surface area contributed by atoms with E-state index in [9.17, 15) is 27.4 Å². The summed E-state index contributed by atoms with van der Waals surface area (Å²) >= 11 is 0. The van der Waals surface area contributed by atoms with Crippen molar-refractivity contribution in [1.29, 1.82) is 0 Å². The number of primary amides is 1. The molecule has 4 amide bonds. The van der Waals surface area contributed by atoms with Crippen LogP contribution in [0.25, 0.3) is 0 Å². The molecule has 1 saturated heterocycles. The van der Waals surface area contributed by atoms with Gasteiger partial charge in [-0.2, -0.15) is 9.35 Å². The van der Waals surface area contributed by atoms with Gasteiger partial charge in [0.05, 0.1) is 6.54 Å². The Morgan fingerprint density at radius 1 is 1.50 bits per heavy atom. The summed E-state index contributed by atoms with van der Waals surface area (Å²) in [5, 5.41) is 2.96. The minimum atomic E-state index is -5.16. The van der Waals surface area contributed by atoms with Gasteiger partial charge in [0.1, 0.15) is 12.1 Å². The molecule has 2 heterocycles. The van der Waals surface area contributed by atoms with E-state index in [2.05, 4.69) is 9.60 Å². The van der Waals surface area contributed by atoms with E-state index in [1.54, 1.807) is 0 Å². The molecule has 2 aliphatic rings. The Bertz CT molecular complexity index is 680. The van der Waals surface area contributed by atoms with E-state index in [0.717, 1.165) is 4.90 Å². The fraction of sp³-hybridized carbons (Fsp3) is 0.545. The Labute approximate surface area is 160 Å². The first-order chi connectivity index (χ1) is 10.6. The van der Waals surface area contributed by atoms with Gasteiger partial charge < -0.3 is 20.5 Å². The van der Waals surface area contributed by atoms with Crippen molar-refractivity contribution < 1.29 is 61.2 Å². The Kier molecular flexibility index (Phi) is 6.78. The zero-order chi connectivity index (χ0) is 17.4. The van der Waals surface area contributed by atoms with Crippen molar-refractivity contribution >= 4 is 28.2 Å². The molecule has 0 saturated carbocycles. The molecule has 11 nitrogen and oxygen atoms in total. The molecule has 24 heavy (non-hydrogen) atoms. The van der Waals surface area contributed by atoms with Crippen molar-refractivity contribution in [3.05, 3.63) is 11.6 Å². The Morgan fingerprint density at radius 2 is 2.12 bits per heavy atom. The van der Waals surface area contributed by atoms with Crippen molar-refractivity contribution in [3.8, 4) is 0 Å². The molecule has 0 aromatic rings. The van der Waals surface area contributed by atoms with Crippen molar-refractivity contribution in [1.82, 2.24) is 15.3 Å². The number of rotatable bonds is 6. The van der Waals surface area contributed by atoms with Crippen LogP contribution in [-0.4, -0.2) is 66.0 Å². The topological polar surface area (TPSA) is 162 Å². The molecule has 2 rings (SSSR count). The number of amides is 4. The first-order valence-corrected chi connectivity index (χ1v) is 7.93. The number of nitrogens with zero attached hydrogens (tertiary/aromatic N) is 2. The first-order valence-electron chi connectivity index (χ1n) is 6.59. The van der Waals surface area contributed by atoms with Gasteiger partial charge in [0.2, 0.25) is 22.2 Å². The molecule has 0 radical (unpaired) electrons. The van der Waals surface area contributed by atoms with Crippen LogP contribution in [0.4, 0.5) is 4.79 Å². The number of hydrogen-bond donors (Lipinski definition) is 2. The molecule has 2 atom stereocenters. The third kappa shape index (κ3) is 4.68. The van der Waals surface area contributed by atoms with Gasteiger partial charge in [-0.25, -0.2) is 13.2 Å². The third-order valence-corrected chi connectivity index (χ3v) is 3.82. The second-order valence-electron chi connectivity index (χ2n) is 5.08. The fourth-order valence-electron chi connectivity index (χ4n) is 2.55. The number of urea groups is 1. The molecule has 0 aliphatic carbocycles. The molecule has 0 aromatic carbocycles. The van der Waals surface area contributed by atoms with Crippen LogP contribution < -0.4 is 40.6 Å². The quantitative estimate of drug-likeness (QED) is 0.204. The predicted molar refractivity (Wildman–Crippen MR) is 72.9 cm³/mol. The van der Waals surface area contributed by atoms with Crippen LogP contribution in [0.1, 0.15) is 13.3 Å². The van der Waals surface area contributed by atoms with Crippen LogP contribution in [-0.2, 0) is 24.3 Å². The Morgan fingerprint density at radius 3 is 2.62 bits per heavy atom. The van der Waals surface area contributed by atoms with Crippen molar-refractivity contribution in [2.45, 2.75) is 25.4 Å². The molecule has 2 bridgehead atoms. The molecule has 0 aromatic heterocycles. The van der Waals surface area contributed by atoms with Gasteiger partial charge in [-0.3, -0.25) is 9.59 Å². The van der Waals surface area contributed by atoms with Crippen LogP contribution in [0.5, 0.6) is 0 Å². The molecular weight excluding hydrogens is 355 g/mol. The molecular formula is C11H15N4NaO7S. The van der Waals surface area contributed by atoms with Gasteiger partial charge in [-0.1, -0.05) is 6.08 Å². The standard InChI is InChI=1S/C11H16N4O7S.Na/c1-6(16)13-3-2-7-4-8(10(12)17)14-5-9(7)15(11(14)18)22-23(19,20)21;/h4,8-9H,2-3,5H2,1H3,(H2,12,17)(H,13,16)(H,19,20,21);/q;+1/p-1. The van der Waals surface area contributed by atoms with Gasteiger partial charge in [-0.05, 0) is 12.0 Å². The number of fused-ring (bicyclic) bond motifs is 2. The second kappa shape index (κ2) is 7.80. The summed E-state index contributed by atoms with van der Waals surface area (Å²) in [6.45, 7) is 1.48. The molecule has 3 N–H and O–H groups in total. The average Bonchev–Trinajstić information content (AvgIpc) is 2.65. The van der Waals surface area contributed by atoms with Gasteiger partial charge in [0.25, 0.3) is 0 Å². The van der Waals surface area contributed by atoms with Crippen LogP contribution in [0.3, 0.4) is 0 Å². The molecule has 0 spiro atoms. The number of nitrogens with two attached hydrogens (primary N) is 1. The van der Waals surface area contributed by atoms with Crippen molar-refractivity contribution in [2.24, 2.45) is 5.73 Å². The van der Waals surface area contributed by atoms with Crippen molar-refractivity contribution in [3.63, 3.8) is 0 Å². The summed E-state index contributed by atoms with van der Waals surface area (Å²) < 4.78 is 36.6. The maximum Gasteiger partial charge on any atom is 1.00 e. The SMILES string of the molecule is CC(=O)NCCC1=CC(C(N)=O)N2CC1N(OS(=O)(=O)[O-])C2=O.[Na+]. The third-order valence-electron chi connectivity index (χ3n) is 3.47. The van der Waals surface area contributed by atoms with E-state index >= 15 is 0 Å². The summed E-state index contributed by atoms with van der Waals surface area (Å²) in [6.07, 6.45) is 1.64. The number of carbonyl (C=O) groups is 3.